The molecule has 2 heterocycles. The van der Waals surface area contributed by atoms with Gasteiger partial charge in [-0.05, 0) is 48.7 Å². The van der Waals surface area contributed by atoms with Crippen molar-refractivity contribution in [2.45, 2.75) is 13.0 Å². The predicted octanol–water partition coefficient (Wildman–Crippen LogP) is 3.33. The van der Waals surface area contributed by atoms with Crippen molar-refractivity contribution < 1.29 is 18.7 Å². The van der Waals surface area contributed by atoms with E-state index in [-0.39, 0.29) is 12.4 Å². The number of carbonyl (C=O) groups excluding carboxylic acids is 2. The standard InChI is InChI=1S/C24H26N4O4/c29-23(22-12-11-21(32-22)17-31-20-9-5-2-6-10-20)26-27-24(30)25-15-18-13-14-28(16-18)19-7-3-1-4-8-19/h1-12,18H,13-17H2,(H,26,29)(H2,25,27,30). The molecule has 8 heteroatoms. The third-order valence-corrected chi connectivity index (χ3v) is 5.26. The Hall–Kier alpha value is -3.94. The topological polar surface area (TPSA) is 95.8 Å². The lowest BCUT2D eigenvalue weighted by Gasteiger charge is -2.18. The molecule has 32 heavy (non-hydrogen) atoms. The van der Waals surface area contributed by atoms with Crippen LogP contribution in [0.15, 0.2) is 77.2 Å². The summed E-state index contributed by atoms with van der Waals surface area (Å²) < 4.78 is 11.1. The summed E-state index contributed by atoms with van der Waals surface area (Å²) in [5, 5.41) is 2.81. The summed E-state index contributed by atoms with van der Waals surface area (Å²) in [5.74, 6) is 1.12. The van der Waals surface area contributed by atoms with Gasteiger partial charge in [-0.1, -0.05) is 36.4 Å². The smallest absolute Gasteiger partial charge is 0.333 e. The lowest BCUT2D eigenvalue weighted by atomic mass is 10.1. The minimum Gasteiger partial charge on any atom is -0.486 e. The first kappa shape index (κ1) is 21.3. The molecule has 0 spiro atoms. The van der Waals surface area contributed by atoms with E-state index in [4.69, 9.17) is 9.15 Å². The van der Waals surface area contributed by atoms with Crippen molar-refractivity contribution in [2.75, 3.05) is 24.5 Å². The molecule has 0 radical (unpaired) electrons. The molecule has 3 amide bonds. The number of hydrogen-bond donors (Lipinski definition) is 3. The molecule has 3 aromatic rings. The summed E-state index contributed by atoms with van der Waals surface area (Å²) in [6.07, 6.45) is 1.00. The second-order valence-corrected chi connectivity index (χ2v) is 7.59. The molecule has 0 bridgehead atoms. The summed E-state index contributed by atoms with van der Waals surface area (Å²) in [5.41, 5.74) is 5.90. The van der Waals surface area contributed by atoms with Crippen molar-refractivity contribution in [1.29, 1.82) is 0 Å². The van der Waals surface area contributed by atoms with E-state index < -0.39 is 11.9 Å². The van der Waals surface area contributed by atoms with Crippen LogP contribution in [0, 0.1) is 5.92 Å². The van der Waals surface area contributed by atoms with Crippen LogP contribution in [0.4, 0.5) is 10.5 Å². The van der Waals surface area contributed by atoms with E-state index in [9.17, 15) is 9.59 Å². The van der Waals surface area contributed by atoms with E-state index in [0.29, 0.717) is 24.0 Å². The zero-order valence-corrected chi connectivity index (χ0v) is 17.6. The quantitative estimate of drug-likeness (QED) is 0.496. The van der Waals surface area contributed by atoms with E-state index in [2.05, 4.69) is 33.2 Å². The number of hydrazine groups is 1. The molecule has 1 fully saturated rings. The van der Waals surface area contributed by atoms with Gasteiger partial charge in [0.2, 0.25) is 0 Å². The number of nitrogens with zero attached hydrogens (tertiary/aromatic N) is 1. The van der Waals surface area contributed by atoms with E-state index in [1.165, 1.54) is 11.8 Å². The van der Waals surface area contributed by atoms with Crippen molar-refractivity contribution in [3.05, 3.63) is 84.3 Å². The van der Waals surface area contributed by atoms with Crippen LogP contribution in [0.25, 0.3) is 0 Å². The second kappa shape index (κ2) is 10.4. The lowest BCUT2D eigenvalue weighted by Crippen LogP contribution is -2.48. The van der Waals surface area contributed by atoms with E-state index in [1.807, 2.05) is 48.5 Å². The number of para-hydroxylation sites is 2. The Balaban J connectivity index is 1.15. The molecule has 0 aliphatic carbocycles. The van der Waals surface area contributed by atoms with Crippen LogP contribution in [-0.4, -0.2) is 31.6 Å². The first-order valence-corrected chi connectivity index (χ1v) is 10.6. The highest BCUT2D eigenvalue weighted by atomic mass is 16.5. The van der Waals surface area contributed by atoms with Gasteiger partial charge < -0.3 is 19.4 Å². The van der Waals surface area contributed by atoms with Gasteiger partial charge in [-0.15, -0.1) is 0 Å². The molecule has 0 saturated carbocycles. The summed E-state index contributed by atoms with van der Waals surface area (Å²) in [6, 6.07) is 22.3. The summed E-state index contributed by atoms with van der Waals surface area (Å²) in [7, 11) is 0. The number of urea groups is 1. The van der Waals surface area contributed by atoms with Gasteiger partial charge in [0.15, 0.2) is 5.76 Å². The van der Waals surface area contributed by atoms with Crippen molar-refractivity contribution in [2.24, 2.45) is 5.92 Å². The Morgan fingerprint density at radius 2 is 1.72 bits per heavy atom. The average Bonchev–Trinajstić information content (AvgIpc) is 3.51. The van der Waals surface area contributed by atoms with Gasteiger partial charge in [-0.2, -0.15) is 0 Å². The van der Waals surface area contributed by atoms with Gasteiger partial charge in [-0.3, -0.25) is 10.2 Å². The van der Waals surface area contributed by atoms with Gasteiger partial charge >= 0.3 is 11.9 Å². The molecule has 1 aliphatic rings. The number of anilines is 1. The first-order chi connectivity index (χ1) is 15.7. The van der Waals surface area contributed by atoms with E-state index >= 15 is 0 Å². The number of amides is 3. The van der Waals surface area contributed by atoms with Crippen molar-refractivity contribution in [3.63, 3.8) is 0 Å². The predicted molar refractivity (Wildman–Crippen MR) is 120 cm³/mol. The highest BCUT2D eigenvalue weighted by Gasteiger charge is 2.23. The molecule has 1 aromatic heterocycles. The van der Waals surface area contributed by atoms with Gasteiger partial charge in [0.1, 0.15) is 18.1 Å². The van der Waals surface area contributed by atoms with Crippen LogP contribution < -0.4 is 25.8 Å². The molecule has 8 nitrogen and oxygen atoms in total. The SMILES string of the molecule is O=C(NCC1CCN(c2ccccc2)C1)NNC(=O)c1ccc(COc2ccccc2)o1. The second-order valence-electron chi connectivity index (χ2n) is 7.59. The van der Waals surface area contributed by atoms with Crippen LogP contribution >= 0.6 is 0 Å². The fourth-order valence-electron chi connectivity index (χ4n) is 3.58. The van der Waals surface area contributed by atoms with Gasteiger partial charge in [0, 0.05) is 25.3 Å². The Morgan fingerprint density at radius 3 is 2.50 bits per heavy atom. The normalized spacial score (nSPS) is 15.2. The number of furan rings is 1. The molecule has 2 aromatic carbocycles. The Kier molecular flexibility index (Phi) is 6.91. The zero-order chi connectivity index (χ0) is 22.2. The average molecular weight is 434 g/mol. The highest BCUT2D eigenvalue weighted by Crippen LogP contribution is 2.22. The third-order valence-electron chi connectivity index (χ3n) is 5.26. The molecule has 1 saturated heterocycles. The largest absolute Gasteiger partial charge is 0.486 e. The zero-order valence-electron chi connectivity index (χ0n) is 17.6. The maximum absolute atomic E-state index is 12.2. The van der Waals surface area contributed by atoms with Crippen LogP contribution in [0.1, 0.15) is 22.7 Å². The molecule has 1 atom stereocenters. The molecule has 1 unspecified atom stereocenters. The monoisotopic (exact) mass is 434 g/mol. The van der Waals surface area contributed by atoms with Gasteiger partial charge in [0.05, 0.1) is 0 Å². The minimum atomic E-state index is -0.540. The number of rotatable bonds is 7. The molecule has 166 valence electrons. The van der Waals surface area contributed by atoms with Gasteiger partial charge in [0.25, 0.3) is 0 Å². The number of ether oxygens (including phenoxy) is 1. The number of benzene rings is 2. The van der Waals surface area contributed by atoms with Crippen LogP contribution in [0.3, 0.4) is 0 Å². The Labute approximate surface area is 186 Å². The Morgan fingerprint density at radius 1 is 0.969 bits per heavy atom. The fourth-order valence-corrected chi connectivity index (χ4v) is 3.58. The van der Waals surface area contributed by atoms with Crippen LogP contribution in [0.5, 0.6) is 5.75 Å². The third kappa shape index (κ3) is 5.81. The Bertz CT molecular complexity index is 1020. The van der Waals surface area contributed by atoms with E-state index in [0.717, 1.165) is 19.5 Å². The summed E-state index contributed by atoms with van der Waals surface area (Å²) in [6.45, 7) is 2.58. The molecule has 4 rings (SSSR count). The molecule has 3 N–H and O–H groups in total. The van der Waals surface area contributed by atoms with Crippen molar-refractivity contribution in [3.8, 4) is 5.75 Å². The highest BCUT2D eigenvalue weighted by molar-refractivity contribution is 5.92. The first-order valence-electron chi connectivity index (χ1n) is 10.6. The van der Waals surface area contributed by atoms with E-state index in [1.54, 1.807) is 6.07 Å². The maximum atomic E-state index is 12.2. The molecule has 1 aliphatic heterocycles. The molecular formula is C24H26N4O4. The number of hydrogen-bond acceptors (Lipinski definition) is 5. The summed E-state index contributed by atoms with van der Waals surface area (Å²) >= 11 is 0. The van der Waals surface area contributed by atoms with Crippen LogP contribution in [-0.2, 0) is 6.61 Å². The lowest BCUT2D eigenvalue weighted by molar-refractivity contribution is 0.0904. The van der Waals surface area contributed by atoms with Crippen molar-refractivity contribution >= 4 is 17.6 Å². The minimum absolute atomic E-state index is 0.0891. The molecular weight excluding hydrogens is 408 g/mol. The van der Waals surface area contributed by atoms with Gasteiger partial charge in [-0.25, -0.2) is 10.2 Å². The number of nitrogens with one attached hydrogen (secondary N) is 3. The van der Waals surface area contributed by atoms with Crippen molar-refractivity contribution in [1.82, 2.24) is 16.2 Å². The van der Waals surface area contributed by atoms with Crippen LogP contribution in [0.2, 0.25) is 0 Å². The number of carbonyl (C=O) groups is 2. The fraction of sp³-hybridized carbons (Fsp3) is 0.250. The summed E-state index contributed by atoms with van der Waals surface area (Å²) in [4.78, 5) is 26.6. The maximum Gasteiger partial charge on any atom is 0.333 e.